The molecule has 0 atom stereocenters. The van der Waals surface area contributed by atoms with Gasteiger partial charge in [0.25, 0.3) is 5.56 Å². The summed E-state index contributed by atoms with van der Waals surface area (Å²) >= 11 is 3.89. The second-order valence-corrected chi connectivity index (χ2v) is 2.38. The number of pyridine rings is 1. The lowest BCUT2D eigenvalue weighted by Crippen LogP contribution is -2.03. The van der Waals surface area contributed by atoms with Gasteiger partial charge < -0.3 is 10.1 Å². The Morgan fingerprint density at radius 2 is 2.42 bits per heavy atom. The molecule has 0 radical (unpaired) electrons. The fourth-order valence-electron chi connectivity index (χ4n) is 0.686. The fourth-order valence-corrected chi connectivity index (χ4v) is 0.765. The third-order valence-electron chi connectivity index (χ3n) is 1.20. The minimum atomic E-state index is -0.508. The van der Waals surface area contributed by atoms with E-state index in [0.29, 0.717) is 11.3 Å². The van der Waals surface area contributed by atoms with Crippen molar-refractivity contribution in [3.8, 4) is 17.6 Å². The predicted octanol–water partition coefficient (Wildman–Crippen LogP) is 0.362. The Balaban J connectivity index is 3.05. The van der Waals surface area contributed by atoms with Crippen molar-refractivity contribution >= 4 is 12.6 Å². The minimum Gasteiger partial charge on any atom is -0.503 e. The summed E-state index contributed by atoms with van der Waals surface area (Å²) in [5.41, 5.74) is 0.0626. The van der Waals surface area contributed by atoms with Gasteiger partial charge in [-0.2, -0.15) is 12.6 Å². The number of aromatic amines is 1. The van der Waals surface area contributed by atoms with Crippen LogP contribution in [0.5, 0.6) is 5.75 Å². The molecule has 0 aliphatic heterocycles. The third-order valence-corrected chi connectivity index (χ3v) is 1.35. The molecule has 0 spiro atoms. The van der Waals surface area contributed by atoms with E-state index in [4.69, 9.17) is 5.11 Å². The molecule has 3 nitrogen and oxygen atoms in total. The van der Waals surface area contributed by atoms with Gasteiger partial charge in [0.05, 0.1) is 5.75 Å². The van der Waals surface area contributed by atoms with Crippen LogP contribution in [0, 0.1) is 11.8 Å². The van der Waals surface area contributed by atoms with E-state index in [0.717, 1.165) is 0 Å². The van der Waals surface area contributed by atoms with Crippen LogP contribution in [-0.4, -0.2) is 15.8 Å². The highest BCUT2D eigenvalue weighted by atomic mass is 32.1. The van der Waals surface area contributed by atoms with E-state index < -0.39 is 5.56 Å². The Kier molecular flexibility index (Phi) is 2.83. The summed E-state index contributed by atoms with van der Waals surface area (Å²) < 4.78 is 0. The fraction of sp³-hybridized carbons (Fsp3) is 0.125. The number of hydrogen-bond acceptors (Lipinski definition) is 3. The zero-order chi connectivity index (χ0) is 8.97. The first-order valence-electron chi connectivity index (χ1n) is 3.25. The van der Waals surface area contributed by atoms with Crippen LogP contribution in [0.4, 0.5) is 0 Å². The van der Waals surface area contributed by atoms with E-state index in [1.54, 1.807) is 0 Å². The first-order chi connectivity index (χ1) is 5.74. The van der Waals surface area contributed by atoms with Gasteiger partial charge in [0.1, 0.15) is 0 Å². The maximum absolute atomic E-state index is 10.7. The second kappa shape index (κ2) is 3.88. The Hall–Kier alpha value is -1.34. The number of aromatic nitrogens is 1. The maximum atomic E-state index is 10.7. The highest BCUT2D eigenvalue weighted by molar-refractivity contribution is 7.80. The van der Waals surface area contributed by atoms with Crippen molar-refractivity contribution < 1.29 is 5.11 Å². The summed E-state index contributed by atoms with van der Waals surface area (Å²) in [6.45, 7) is 0. The van der Waals surface area contributed by atoms with Crippen LogP contribution in [0.1, 0.15) is 5.56 Å². The van der Waals surface area contributed by atoms with Crippen molar-refractivity contribution in [1.29, 1.82) is 0 Å². The molecule has 0 aliphatic carbocycles. The molecule has 0 unspecified atom stereocenters. The van der Waals surface area contributed by atoms with E-state index in [-0.39, 0.29) is 5.75 Å². The SMILES string of the molecule is O=c1[nH]cc(C#CCS)cc1O. The lowest BCUT2D eigenvalue weighted by atomic mass is 10.3. The van der Waals surface area contributed by atoms with Gasteiger partial charge in [-0.1, -0.05) is 11.8 Å². The van der Waals surface area contributed by atoms with Crippen molar-refractivity contribution in [3.05, 3.63) is 28.2 Å². The van der Waals surface area contributed by atoms with Crippen LogP contribution in [0.2, 0.25) is 0 Å². The molecule has 0 saturated carbocycles. The molecule has 12 heavy (non-hydrogen) atoms. The average molecular weight is 181 g/mol. The van der Waals surface area contributed by atoms with Crippen LogP contribution in [0.3, 0.4) is 0 Å². The highest BCUT2D eigenvalue weighted by Gasteiger charge is 1.94. The standard InChI is InChI=1S/C8H7NO2S/c10-7-4-6(2-1-3-12)5-9-8(7)11/h4-5,10,12H,3H2,(H,9,11). The topological polar surface area (TPSA) is 53.1 Å². The summed E-state index contributed by atoms with van der Waals surface area (Å²) in [6.07, 6.45) is 1.44. The first-order valence-corrected chi connectivity index (χ1v) is 3.88. The van der Waals surface area contributed by atoms with Crippen LogP contribution in [-0.2, 0) is 0 Å². The number of hydrogen-bond donors (Lipinski definition) is 3. The number of rotatable bonds is 0. The normalized spacial score (nSPS) is 8.75. The summed E-state index contributed by atoms with van der Waals surface area (Å²) in [5, 5.41) is 8.97. The third kappa shape index (κ3) is 2.07. The van der Waals surface area contributed by atoms with Crippen molar-refractivity contribution in [2.75, 3.05) is 5.75 Å². The van der Waals surface area contributed by atoms with Gasteiger partial charge in [0.2, 0.25) is 0 Å². The van der Waals surface area contributed by atoms with Gasteiger partial charge in [0.15, 0.2) is 5.75 Å². The monoisotopic (exact) mass is 181 g/mol. The number of thiol groups is 1. The zero-order valence-corrected chi connectivity index (χ0v) is 7.06. The van der Waals surface area contributed by atoms with Gasteiger partial charge in [-0.3, -0.25) is 4.79 Å². The van der Waals surface area contributed by atoms with Gasteiger partial charge in [-0.15, -0.1) is 0 Å². The summed E-state index contributed by atoms with van der Waals surface area (Å²) in [6, 6.07) is 1.31. The predicted molar refractivity (Wildman–Crippen MR) is 49.5 cm³/mol. The molecule has 0 fully saturated rings. The minimum absolute atomic E-state index is 0.319. The van der Waals surface area contributed by atoms with Crippen molar-refractivity contribution in [3.63, 3.8) is 0 Å². The molecule has 0 aromatic carbocycles. The summed E-state index contributed by atoms with van der Waals surface area (Å²) in [5.74, 6) is 5.52. The Morgan fingerprint density at radius 1 is 1.67 bits per heavy atom. The van der Waals surface area contributed by atoms with Gasteiger partial charge >= 0.3 is 0 Å². The van der Waals surface area contributed by atoms with Crippen molar-refractivity contribution in [1.82, 2.24) is 4.98 Å². The second-order valence-electron chi connectivity index (χ2n) is 2.06. The molecule has 62 valence electrons. The zero-order valence-electron chi connectivity index (χ0n) is 6.16. The van der Waals surface area contributed by atoms with E-state index >= 15 is 0 Å². The van der Waals surface area contributed by atoms with Crippen LogP contribution in [0.25, 0.3) is 0 Å². The summed E-state index contributed by atoms with van der Waals surface area (Å²) in [4.78, 5) is 13.0. The molecule has 1 rings (SSSR count). The van der Waals surface area contributed by atoms with Gasteiger partial charge in [-0.25, -0.2) is 0 Å². The molecule has 4 heteroatoms. The molecule has 2 N–H and O–H groups in total. The molecule has 0 aliphatic rings. The van der Waals surface area contributed by atoms with Gasteiger partial charge in [0, 0.05) is 17.8 Å². The number of nitrogens with one attached hydrogen (secondary N) is 1. The summed E-state index contributed by atoms with van der Waals surface area (Å²) in [7, 11) is 0. The average Bonchev–Trinajstić information content (AvgIpc) is 2.07. The molecule has 0 saturated heterocycles. The van der Waals surface area contributed by atoms with E-state index in [1.165, 1.54) is 12.3 Å². The Bertz CT molecular complexity index is 386. The van der Waals surface area contributed by atoms with Crippen molar-refractivity contribution in [2.24, 2.45) is 0 Å². The largest absolute Gasteiger partial charge is 0.503 e. The molecular formula is C8H7NO2S. The quantitative estimate of drug-likeness (QED) is 0.400. The lowest BCUT2D eigenvalue weighted by Gasteiger charge is -1.90. The smallest absolute Gasteiger partial charge is 0.290 e. The maximum Gasteiger partial charge on any atom is 0.290 e. The molecule has 0 amide bonds. The molecule has 1 aromatic heterocycles. The molecule has 0 bridgehead atoms. The van der Waals surface area contributed by atoms with E-state index in [9.17, 15) is 4.79 Å². The van der Waals surface area contributed by atoms with Crippen LogP contribution in [0.15, 0.2) is 17.1 Å². The highest BCUT2D eigenvalue weighted by Crippen LogP contribution is 2.01. The van der Waals surface area contributed by atoms with Crippen LogP contribution >= 0.6 is 12.6 Å². The molecular weight excluding hydrogens is 174 g/mol. The van der Waals surface area contributed by atoms with Crippen molar-refractivity contribution in [2.45, 2.75) is 0 Å². The Morgan fingerprint density at radius 3 is 3.00 bits per heavy atom. The van der Waals surface area contributed by atoms with Gasteiger partial charge in [-0.05, 0) is 0 Å². The Labute approximate surface area is 74.9 Å². The number of aromatic hydroxyl groups is 1. The lowest BCUT2D eigenvalue weighted by molar-refractivity contribution is 0.466. The molecule has 1 heterocycles. The first kappa shape index (κ1) is 8.75. The molecule has 1 aromatic rings. The van der Waals surface area contributed by atoms with E-state index in [2.05, 4.69) is 29.5 Å². The van der Waals surface area contributed by atoms with E-state index in [1.807, 2.05) is 0 Å². The number of H-pyrrole nitrogens is 1. The van der Waals surface area contributed by atoms with Crippen LogP contribution < -0.4 is 5.56 Å².